The van der Waals surface area contributed by atoms with Crippen molar-refractivity contribution in [3.05, 3.63) is 52.5 Å². The average molecular weight is 332 g/mol. The van der Waals surface area contributed by atoms with Gasteiger partial charge in [0.2, 0.25) is 0 Å². The molecule has 0 radical (unpaired) electrons. The Bertz CT molecular complexity index is 599. The highest BCUT2D eigenvalue weighted by molar-refractivity contribution is 9.10. The van der Waals surface area contributed by atoms with E-state index in [1.54, 1.807) is 12.1 Å². The van der Waals surface area contributed by atoms with Crippen molar-refractivity contribution in [2.45, 2.75) is 6.18 Å². The Labute approximate surface area is 116 Å². The normalized spacial score (nSPS) is 11.4. The van der Waals surface area contributed by atoms with Crippen LogP contribution in [0.5, 0.6) is 11.5 Å². The summed E-state index contributed by atoms with van der Waals surface area (Å²) in [5.74, 6) is -0.0936. The minimum atomic E-state index is -4.47. The summed E-state index contributed by atoms with van der Waals surface area (Å²) in [6.07, 6.45) is -4.47. The third-order valence-electron chi connectivity index (χ3n) is 2.38. The summed E-state index contributed by atoms with van der Waals surface area (Å²) in [5, 5.41) is 0. The molecule has 0 aliphatic heterocycles. The monoisotopic (exact) mass is 331 g/mol. The van der Waals surface area contributed by atoms with Crippen molar-refractivity contribution in [2.24, 2.45) is 0 Å². The first-order valence-corrected chi connectivity index (χ1v) is 6.06. The van der Waals surface area contributed by atoms with Crippen LogP contribution in [-0.4, -0.2) is 0 Å². The summed E-state index contributed by atoms with van der Waals surface area (Å²) in [6, 6.07) is 9.70. The summed E-state index contributed by atoms with van der Waals surface area (Å²) in [4.78, 5) is 0. The van der Waals surface area contributed by atoms with Gasteiger partial charge < -0.3 is 10.5 Å². The standard InChI is InChI=1S/C13H9BrF3NO/c14-8-5-6-12(10(18)7-8)19-11-4-2-1-3-9(11)13(15,16)17/h1-7H,18H2. The summed E-state index contributed by atoms with van der Waals surface area (Å²) in [6.45, 7) is 0. The number of halogens is 4. The minimum Gasteiger partial charge on any atom is -0.455 e. The van der Waals surface area contributed by atoms with Gasteiger partial charge in [0.25, 0.3) is 0 Å². The van der Waals surface area contributed by atoms with E-state index in [4.69, 9.17) is 10.5 Å². The van der Waals surface area contributed by atoms with Crippen LogP contribution in [0.1, 0.15) is 5.56 Å². The number of alkyl halides is 3. The van der Waals surface area contributed by atoms with Crippen LogP contribution in [0.15, 0.2) is 46.9 Å². The molecule has 0 bridgehead atoms. The Kier molecular flexibility index (Phi) is 3.71. The highest BCUT2D eigenvalue weighted by Crippen LogP contribution is 2.39. The zero-order valence-electron chi connectivity index (χ0n) is 9.54. The number of nitrogens with two attached hydrogens (primary N) is 1. The van der Waals surface area contributed by atoms with E-state index in [1.165, 1.54) is 24.3 Å². The molecular weight excluding hydrogens is 323 g/mol. The van der Waals surface area contributed by atoms with Gasteiger partial charge in [0, 0.05) is 4.47 Å². The Morgan fingerprint density at radius 2 is 1.68 bits per heavy atom. The molecule has 0 amide bonds. The van der Waals surface area contributed by atoms with Crippen LogP contribution in [0.2, 0.25) is 0 Å². The van der Waals surface area contributed by atoms with E-state index in [-0.39, 0.29) is 17.2 Å². The Balaban J connectivity index is 2.39. The molecule has 0 aliphatic carbocycles. The van der Waals surface area contributed by atoms with E-state index < -0.39 is 11.7 Å². The van der Waals surface area contributed by atoms with Crippen molar-refractivity contribution in [2.75, 3.05) is 5.73 Å². The third-order valence-corrected chi connectivity index (χ3v) is 2.88. The summed E-state index contributed by atoms with van der Waals surface area (Å²) < 4.78 is 44.4. The number of rotatable bonds is 2. The maximum atomic E-state index is 12.8. The Morgan fingerprint density at radius 3 is 2.32 bits per heavy atom. The second-order valence-corrected chi connectivity index (χ2v) is 4.69. The molecule has 0 aromatic heterocycles. The molecule has 0 saturated carbocycles. The van der Waals surface area contributed by atoms with E-state index >= 15 is 0 Å². The fourth-order valence-electron chi connectivity index (χ4n) is 1.52. The number of hydrogen-bond acceptors (Lipinski definition) is 2. The van der Waals surface area contributed by atoms with Crippen molar-refractivity contribution in [1.82, 2.24) is 0 Å². The SMILES string of the molecule is Nc1cc(Br)ccc1Oc1ccccc1C(F)(F)F. The topological polar surface area (TPSA) is 35.2 Å². The lowest BCUT2D eigenvalue weighted by Gasteiger charge is -2.14. The van der Waals surface area contributed by atoms with Crippen molar-refractivity contribution in [3.63, 3.8) is 0 Å². The highest BCUT2D eigenvalue weighted by atomic mass is 79.9. The van der Waals surface area contributed by atoms with Gasteiger partial charge in [-0.2, -0.15) is 13.2 Å². The van der Waals surface area contributed by atoms with Crippen LogP contribution < -0.4 is 10.5 Å². The first kappa shape index (κ1) is 13.7. The molecule has 0 atom stereocenters. The maximum Gasteiger partial charge on any atom is 0.419 e. The lowest BCUT2D eigenvalue weighted by molar-refractivity contribution is -0.138. The Morgan fingerprint density at radius 1 is 1.00 bits per heavy atom. The van der Waals surface area contributed by atoms with Gasteiger partial charge in [-0.15, -0.1) is 0 Å². The summed E-state index contributed by atoms with van der Waals surface area (Å²) in [7, 11) is 0. The van der Waals surface area contributed by atoms with Crippen molar-refractivity contribution in [1.29, 1.82) is 0 Å². The molecule has 2 nitrogen and oxygen atoms in total. The molecule has 0 fully saturated rings. The fourth-order valence-corrected chi connectivity index (χ4v) is 1.90. The second-order valence-electron chi connectivity index (χ2n) is 3.78. The number of ether oxygens (including phenoxy) is 1. The lowest BCUT2D eigenvalue weighted by atomic mass is 10.2. The predicted octanol–water partition coefficient (Wildman–Crippen LogP) is 4.84. The van der Waals surface area contributed by atoms with E-state index in [0.29, 0.717) is 0 Å². The van der Waals surface area contributed by atoms with E-state index in [2.05, 4.69) is 15.9 Å². The van der Waals surface area contributed by atoms with Crippen LogP contribution in [0, 0.1) is 0 Å². The van der Waals surface area contributed by atoms with Crippen LogP contribution >= 0.6 is 15.9 Å². The van der Waals surface area contributed by atoms with Crippen molar-refractivity contribution in [3.8, 4) is 11.5 Å². The fraction of sp³-hybridized carbons (Fsp3) is 0.0769. The van der Waals surface area contributed by atoms with Crippen LogP contribution in [0.3, 0.4) is 0 Å². The maximum absolute atomic E-state index is 12.8. The summed E-state index contributed by atoms with van der Waals surface area (Å²) in [5.41, 5.74) is 5.11. The van der Waals surface area contributed by atoms with Gasteiger partial charge in [-0.3, -0.25) is 0 Å². The first-order chi connectivity index (χ1) is 8.88. The van der Waals surface area contributed by atoms with Crippen LogP contribution in [-0.2, 0) is 6.18 Å². The van der Waals surface area contributed by atoms with Gasteiger partial charge in [0.15, 0.2) is 0 Å². The molecule has 2 N–H and O–H groups in total. The van der Waals surface area contributed by atoms with Crippen molar-refractivity contribution >= 4 is 21.6 Å². The van der Waals surface area contributed by atoms with Gasteiger partial charge in [0.05, 0.1) is 11.3 Å². The van der Waals surface area contributed by atoms with E-state index in [9.17, 15) is 13.2 Å². The molecule has 2 aromatic rings. The van der Waals surface area contributed by atoms with Crippen molar-refractivity contribution < 1.29 is 17.9 Å². The number of para-hydroxylation sites is 1. The molecular formula is C13H9BrF3NO. The highest BCUT2D eigenvalue weighted by Gasteiger charge is 2.34. The predicted molar refractivity (Wildman–Crippen MR) is 70.1 cm³/mol. The number of nitrogen functional groups attached to an aromatic ring is 1. The summed E-state index contributed by atoms with van der Waals surface area (Å²) >= 11 is 3.21. The molecule has 0 unspecified atom stereocenters. The largest absolute Gasteiger partial charge is 0.455 e. The molecule has 0 aliphatic rings. The zero-order valence-corrected chi connectivity index (χ0v) is 11.1. The molecule has 6 heteroatoms. The number of hydrogen-bond donors (Lipinski definition) is 1. The smallest absolute Gasteiger partial charge is 0.419 e. The van der Waals surface area contributed by atoms with Crippen LogP contribution in [0.4, 0.5) is 18.9 Å². The zero-order chi connectivity index (χ0) is 14.0. The Hall–Kier alpha value is -1.69. The quantitative estimate of drug-likeness (QED) is 0.799. The molecule has 2 aromatic carbocycles. The van der Waals surface area contributed by atoms with Gasteiger partial charge in [-0.1, -0.05) is 28.1 Å². The minimum absolute atomic E-state index is 0.180. The number of benzene rings is 2. The van der Waals surface area contributed by atoms with E-state index in [0.717, 1.165) is 10.5 Å². The number of anilines is 1. The molecule has 0 spiro atoms. The molecule has 0 heterocycles. The lowest BCUT2D eigenvalue weighted by Crippen LogP contribution is -2.07. The molecule has 0 saturated heterocycles. The third kappa shape index (κ3) is 3.20. The van der Waals surface area contributed by atoms with Gasteiger partial charge in [-0.05, 0) is 30.3 Å². The molecule has 19 heavy (non-hydrogen) atoms. The van der Waals surface area contributed by atoms with Gasteiger partial charge in [0.1, 0.15) is 11.5 Å². The van der Waals surface area contributed by atoms with Gasteiger partial charge in [-0.25, -0.2) is 0 Å². The first-order valence-electron chi connectivity index (χ1n) is 5.27. The molecule has 2 rings (SSSR count). The van der Waals surface area contributed by atoms with Crippen LogP contribution in [0.25, 0.3) is 0 Å². The van der Waals surface area contributed by atoms with E-state index in [1.807, 2.05) is 0 Å². The molecule has 100 valence electrons. The van der Waals surface area contributed by atoms with Gasteiger partial charge >= 0.3 is 6.18 Å². The second kappa shape index (κ2) is 5.13. The average Bonchev–Trinajstić information content (AvgIpc) is 2.32.